The summed E-state index contributed by atoms with van der Waals surface area (Å²) in [5.74, 6) is 1.49. The van der Waals surface area contributed by atoms with Crippen molar-refractivity contribution < 1.29 is 17.9 Å². The van der Waals surface area contributed by atoms with Gasteiger partial charge in [-0.15, -0.1) is 0 Å². The molecule has 1 aliphatic heterocycles. The fraction of sp³-hybridized carbons (Fsp3) is 0.240. The SMILES string of the molecule is CS(=O)(=O)Nc1ccc2[nH]c(C(=O)N3CCC(Nc4nccc(Oc5ccccc5Br)n4)CC3)cc2c1. The summed E-state index contributed by atoms with van der Waals surface area (Å²) in [6, 6.07) is 16.2. The number of halogens is 1. The second kappa shape index (κ2) is 10.4. The smallest absolute Gasteiger partial charge is 0.270 e. The number of H-pyrrole nitrogens is 1. The predicted molar refractivity (Wildman–Crippen MR) is 146 cm³/mol. The van der Waals surface area contributed by atoms with E-state index in [1.165, 1.54) is 0 Å². The number of carbonyl (C=O) groups excluding carboxylic acids is 1. The number of aromatic amines is 1. The van der Waals surface area contributed by atoms with Gasteiger partial charge in [-0.1, -0.05) is 12.1 Å². The standard InChI is InChI=1S/C25H25BrN6O4S/c1-37(34,35)31-18-6-7-20-16(14-18)15-21(29-20)24(33)32-12-9-17(10-13-32)28-25-27-11-8-23(30-25)36-22-5-3-2-4-19(22)26/h2-8,11,14-15,17,29,31H,9-10,12-13H2,1H3,(H,27,28,30). The van der Waals surface area contributed by atoms with E-state index in [-0.39, 0.29) is 11.9 Å². The zero-order valence-corrected chi connectivity index (χ0v) is 22.3. The molecule has 0 bridgehead atoms. The Kier molecular flexibility index (Phi) is 7.02. The Morgan fingerprint density at radius 2 is 1.92 bits per heavy atom. The van der Waals surface area contributed by atoms with Crippen LogP contribution < -0.4 is 14.8 Å². The zero-order chi connectivity index (χ0) is 26.0. The van der Waals surface area contributed by atoms with E-state index in [0.717, 1.165) is 34.5 Å². The van der Waals surface area contributed by atoms with Crippen LogP contribution in [-0.2, 0) is 10.0 Å². The molecular formula is C25H25BrN6O4S. The first-order valence-corrected chi connectivity index (χ1v) is 14.3. The molecule has 5 rings (SSSR count). The summed E-state index contributed by atoms with van der Waals surface area (Å²) in [7, 11) is -3.38. The molecule has 4 aromatic rings. The van der Waals surface area contributed by atoms with E-state index < -0.39 is 10.0 Å². The number of ether oxygens (including phenoxy) is 1. The minimum absolute atomic E-state index is 0.0904. The van der Waals surface area contributed by atoms with Crippen molar-refractivity contribution in [1.82, 2.24) is 19.9 Å². The highest BCUT2D eigenvalue weighted by Gasteiger charge is 2.25. The zero-order valence-electron chi connectivity index (χ0n) is 19.9. The van der Waals surface area contributed by atoms with Crippen LogP contribution >= 0.6 is 15.9 Å². The highest BCUT2D eigenvalue weighted by atomic mass is 79.9. The number of hydrogen-bond donors (Lipinski definition) is 3. The van der Waals surface area contributed by atoms with Crippen molar-refractivity contribution in [1.29, 1.82) is 0 Å². The molecule has 2 aromatic carbocycles. The number of piperidine rings is 1. The average molecular weight is 585 g/mol. The quantitative estimate of drug-likeness (QED) is 0.289. The Bertz CT molecular complexity index is 1550. The number of nitrogens with zero attached hydrogens (tertiary/aromatic N) is 3. The second-order valence-corrected chi connectivity index (χ2v) is 11.4. The lowest BCUT2D eigenvalue weighted by molar-refractivity contribution is 0.0713. The van der Waals surface area contributed by atoms with Crippen LogP contribution in [0.15, 0.2) is 65.3 Å². The second-order valence-electron chi connectivity index (χ2n) is 8.82. The number of para-hydroxylation sites is 1. The number of likely N-dealkylation sites (tertiary alicyclic amines) is 1. The monoisotopic (exact) mass is 584 g/mol. The minimum Gasteiger partial charge on any atom is -0.438 e. The lowest BCUT2D eigenvalue weighted by Gasteiger charge is -2.32. The van der Waals surface area contributed by atoms with Gasteiger partial charge in [0.2, 0.25) is 21.9 Å². The van der Waals surface area contributed by atoms with Gasteiger partial charge in [-0.05, 0) is 65.2 Å². The predicted octanol–water partition coefficient (Wildman–Crippen LogP) is 4.60. The van der Waals surface area contributed by atoms with Gasteiger partial charge in [-0.3, -0.25) is 9.52 Å². The number of fused-ring (bicyclic) bond motifs is 1. The van der Waals surface area contributed by atoms with E-state index in [4.69, 9.17) is 4.74 Å². The van der Waals surface area contributed by atoms with Gasteiger partial charge < -0.3 is 19.9 Å². The minimum atomic E-state index is -3.38. The summed E-state index contributed by atoms with van der Waals surface area (Å²) in [6.07, 6.45) is 4.23. The first-order valence-electron chi connectivity index (χ1n) is 11.7. The van der Waals surface area contributed by atoms with Crippen LogP contribution in [0.4, 0.5) is 11.6 Å². The van der Waals surface area contributed by atoms with Gasteiger partial charge in [-0.25, -0.2) is 13.4 Å². The van der Waals surface area contributed by atoms with Crippen LogP contribution in [-0.4, -0.2) is 59.6 Å². The normalized spacial score (nSPS) is 14.5. The summed E-state index contributed by atoms with van der Waals surface area (Å²) in [5, 5.41) is 4.11. The molecule has 1 fully saturated rings. The van der Waals surface area contributed by atoms with Crippen LogP contribution in [0.25, 0.3) is 10.9 Å². The molecule has 0 aliphatic carbocycles. The van der Waals surface area contributed by atoms with Crippen molar-refractivity contribution in [2.75, 3.05) is 29.4 Å². The Morgan fingerprint density at radius 3 is 2.68 bits per heavy atom. The number of amides is 1. The highest BCUT2D eigenvalue weighted by molar-refractivity contribution is 9.10. The van der Waals surface area contributed by atoms with E-state index in [0.29, 0.717) is 42.0 Å². The maximum absolute atomic E-state index is 13.1. The van der Waals surface area contributed by atoms with E-state index in [9.17, 15) is 13.2 Å². The molecule has 1 aliphatic rings. The molecule has 12 heteroatoms. The van der Waals surface area contributed by atoms with E-state index in [1.807, 2.05) is 29.2 Å². The largest absolute Gasteiger partial charge is 0.438 e. The van der Waals surface area contributed by atoms with E-state index >= 15 is 0 Å². The van der Waals surface area contributed by atoms with Crippen LogP contribution in [0, 0.1) is 0 Å². The summed E-state index contributed by atoms with van der Waals surface area (Å²) < 4.78 is 32.2. The number of benzene rings is 2. The number of nitrogens with one attached hydrogen (secondary N) is 3. The molecule has 1 amide bonds. The molecule has 0 radical (unpaired) electrons. The number of anilines is 2. The van der Waals surface area contributed by atoms with Gasteiger partial charge >= 0.3 is 0 Å². The molecule has 192 valence electrons. The molecule has 0 spiro atoms. The van der Waals surface area contributed by atoms with Crippen LogP contribution in [0.2, 0.25) is 0 Å². The number of carbonyl (C=O) groups is 1. The topological polar surface area (TPSA) is 129 Å². The number of sulfonamides is 1. The molecule has 0 atom stereocenters. The van der Waals surface area contributed by atoms with Crippen molar-refractivity contribution >= 4 is 54.4 Å². The molecule has 0 unspecified atom stereocenters. The number of aromatic nitrogens is 3. The van der Waals surface area contributed by atoms with Gasteiger partial charge in [0.1, 0.15) is 11.4 Å². The summed E-state index contributed by atoms with van der Waals surface area (Å²) in [6.45, 7) is 1.17. The summed E-state index contributed by atoms with van der Waals surface area (Å²) >= 11 is 3.47. The van der Waals surface area contributed by atoms with Gasteiger partial charge in [0, 0.05) is 48.0 Å². The first-order chi connectivity index (χ1) is 17.7. The first kappa shape index (κ1) is 25.0. The van der Waals surface area contributed by atoms with Crippen molar-refractivity contribution in [3.63, 3.8) is 0 Å². The van der Waals surface area contributed by atoms with Crippen LogP contribution in [0.3, 0.4) is 0 Å². The molecule has 3 N–H and O–H groups in total. The Hall–Kier alpha value is -3.64. The molecule has 2 aromatic heterocycles. The van der Waals surface area contributed by atoms with Crippen molar-refractivity contribution in [2.45, 2.75) is 18.9 Å². The fourth-order valence-electron chi connectivity index (χ4n) is 4.21. The van der Waals surface area contributed by atoms with Crippen LogP contribution in [0.5, 0.6) is 11.6 Å². The summed E-state index contributed by atoms with van der Waals surface area (Å²) in [4.78, 5) is 26.8. The van der Waals surface area contributed by atoms with Gasteiger partial charge in [0.15, 0.2) is 0 Å². The van der Waals surface area contributed by atoms with Crippen molar-refractivity contribution in [2.24, 2.45) is 0 Å². The lowest BCUT2D eigenvalue weighted by Crippen LogP contribution is -2.42. The lowest BCUT2D eigenvalue weighted by atomic mass is 10.0. The van der Waals surface area contributed by atoms with Gasteiger partial charge in [-0.2, -0.15) is 4.98 Å². The van der Waals surface area contributed by atoms with Crippen molar-refractivity contribution in [3.8, 4) is 11.6 Å². The molecule has 37 heavy (non-hydrogen) atoms. The number of rotatable bonds is 7. The molecule has 0 saturated carbocycles. The van der Waals surface area contributed by atoms with Crippen LogP contribution in [0.1, 0.15) is 23.3 Å². The Labute approximate surface area is 222 Å². The maximum atomic E-state index is 13.1. The van der Waals surface area contributed by atoms with Gasteiger partial charge in [0.05, 0.1) is 10.7 Å². The third kappa shape index (κ3) is 6.20. The van der Waals surface area contributed by atoms with Gasteiger partial charge in [0.25, 0.3) is 5.91 Å². The van der Waals surface area contributed by atoms with Crippen molar-refractivity contribution in [3.05, 3.63) is 71.0 Å². The third-order valence-electron chi connectivity index (χ3n) is 5.95. The average Bonchev–Trinajstić information content (AvgIpc) is 3.28. The maximum Gasteiger partial charge on any atom is 0.270 e. The molecule has 10 nitrogen and oxygen atoms in total. The molecule has 3 heterocycles. The highest BCUT2D eigenvalue weighted by Crippen LogP contribution is 2.29. The number of hydrogen-bond acceptors (Lipinski definition) is 7. The Morgan fingerprint density at radius 1 is 1.14 bits per heavy atom. The molecular weight excluding hydrogens is 560 g/mol. The van der Waals surface area contributed by atoms with E-state index in [1.54, 1.807) is 36.5 Å². The fourth-order valence-corrected chi connectivity index (χ4v) is 5.13. The Balaban J connectivity index is 1.19. The summed E-state index contributed by atoms with van der Waals surface area (Å²) in [5.41, 5.74) is 1.69. The third-order valence-corrected chi connectivity index (χ3v) is 7.21. The molecule has 1 saturated heterocycles. The van der Waals surface area contributed by atoms with E-state index in [2.05, 4.69) is 40.9 Å².